The molecular weight excluding hydrogens is 284 g/mol. The Labute approximate surface area is 137 Å². The fraction of sp³-hybridized carbons (Fsp3) is 0.250. The van der Waals surface area contributed by atoms with Crippen LogP contribution < -0.4 is 5.01 Å². The largest absolute Gasteiger partial charge is 0.277 e. The van der Waals surface area contributed by atoms with E-state index in [2.05, 4.69) is 35.2 Å². The number of anilines is 1. The van der Waals surface area contributed by atoms with Gasteiger partial charge in [-0.2, -0.15) is 0 Å². The first kappa shape index (κ1) is 15.3. The molecule has 1 heterocycles. The van der Waals surface area contributed by atoms with Gasteiger partial charge in [0.25, 0.3) is 0 Å². The number of hydrogen-bond donors (Lipinski definition) is 0. The van der Waals surface area contributed by atoms with Crippen molar-refractivity contribution in [2.24, 2.45) is 0 Å². The molecule has 0 radical (unpaired) electrons. The highest BCUT2D eigenvalue weighted by Crippen LogP contribution is 2.29. The second-order valence-corrected chi connectivity index (χ2v) is 5.78. The highest BCUT2D eigenvalue weighted by atomic mass is 16.1. The zero-order valence-electron chi connectivity index (χ0n) is 13.1. The lowest BCUT2D eigenvalue weighted by Crippen LogP contribution is -2.46. The predicted molar refractivity (Wildman–Crippen MR) is 92.9 cm³/mol. The van der Waals surface area contributed by atoms with Crippen molar-refractivity contribution in [3.63, 3.8) is 0 Å². The van der Waals surface area contributed by atoms with Crippen molar-refractivity contribution in [2.75, 3.05) is 18.1 Å². The summed E-state index contributed by atoms with van der Waals surface area (Å²) in [5.74, 6) is 3.17. The van der Waals surface area contributed by atoms with Crippen molar-refractivity contribution in [1.82, 2.24) is 5.01 Å². The molecule has 0 N–H and O–H groups in total. The normalized spacial score (nSPS) is 15.8. The van der Waals surface area contributed by atoms with Crippen LogP contribution in [0.1, 0.15) is 29.9 Å². The second-order valence-electron chi connectivity index (χ2n) is 5.78. The van der Waals surface area contributed by atoms with Gasteiger partial charge in [-0.05, 0) is 48.6 Å². The Balaban J connectivity index is 1.67. The van der Waals surface area contributed by atoms with E-state index in [1.165, 1.54) is 5.56 Å². The van der Waals surface area contributed by atoms with E-state index < -0.39 is 0 Å². The summed E-state index contributed by atoms with van der Waals surface area (Å²) in [6, 6.07) is 18.1. The molecule has 0 aromatic heterocycles. The van der Waals surface area contributed by atoms with Crippen molar-refractivity contribution in [3.8, 4) is 12.3 Å². The number of hydrogen-bond acceptors (Lipinski definition) is 2. The number of rotatable bonds is 4. The van der Waals surface area contributed by atoms with Gasteiger partial charge < -0.3 is 0 Å². The van der Waals surface area contributed by atoms with Crippen molar-refractivity contribution in [2.45, 2.75) is 18.8 Å². The van der Waals surface area contributed by atoms with Crippen LogP contribution in [0, 0.1) is 12.3 Å². The molecule has 1 saturated heterocycles. The number of piperidine rings is 1. The molecule has 3 heteroatoms. The van der Waals surface area contributed by atoms with Gasteiger partial charge in [0.1, 0.15) is 0 Å². The van der Waals surface area contributed by atoms with Gasteiger partial charge in [0.2, 0.25) is 6.41 Å². The van der Waals surface area contributed by atoms with E-state index in [-0.39, 0.29) is 0 Å². The van der Waals surface area contributed by atoms with Crippen LogP contribution in [0.2, 0.25) is 0 Å². The highest BCUT2D eigenvalue weighted by molar-refractivity contribution is 5.74. The molecule has 0 saturated carbocycles. The van der Waals surface area contributed by atoms with E-state index in [1.807, 2.05) is 30.3 Å². The minimum absolute atomic E-state index is 0.574. The average Bonchev–Trinajstić information content (AvgIpc) is 2.64. The van der Waals surface area contributed by atoms with Crippen LogP contribution in [0.15, 0.2) is 54.6 Å². The number of nitrogens with zero attached hydrogens (tertiary/aromatic N) is 2. The molecular formula is C20H20N2O. The fourth-order valence-corrected chi connectivity index (χ4v) is 3.14. The first-order valence-electron chi connectivity index (χ1n) is 7.93. The minimum atomic E-state index is 0.574. The number of amides is 1. The molecule has 116 valence electrons. The first-order chi connectivity index (χ1) is 11.3. The van der Waals surface area contributed by atoms with Gasteiger partial charge in [0, 0.05) is 18.7 Å². The number of hydrazine groups is 1. The third-order valence-electron chi connectivity index (χ3n) is 4.45. The van der Waals surface area contributed by atoms with E-state index in [1.54, 1.807) is 5.01 Å². The van der Waals surface area contributed by atoms with Gasteiger partial charge in [0.15, 0.2) is 0 Å². The van der Waals surface area contributed by atoms with Crippen LogP contribution in [0.5, 0.6) is 0 Å². The fourth-order valence-electron chi connectivity index (χ4n) is 3.14. The molecule has 2 aromatic rings. The van der Waals surface area contributed by atoms with Crippen LogP contribution in [-0.4, -0.2) is 24.5 Å². The van der Waals surface area contributed by atoms with E-state index in [4.69, 9.17) is 6.42 Å². The monoisotopic (exact) mass is 304 g/mol. The Hall–Kier alpha value is -2.57. The molecule has 1 aliphatic heterocycles. The van der Waals surface area contributed by atoms with Gasteiger partial charge in [-0.1, -0.05) is 36.3 Å². The summed E-state index contributed by atoms with van der Waals surface area (Å²) >= 11 is 0. The lowest BCUT2D eigenvalue weighted by molar-refractivity contribution is -0.110. The summed E-state index contributed by atoms with van der Waals surface area (Å²) in [7, 11) is 0. The molecule has 3 nitrogen and oxygen atoms in total. The summed E-state index contributed by atoms with van der Waals surface area (Å²) in [6.07, 6.45) is 8.37. The van der Waals surface area contributed by atoms with Crippen LogP contribution in [0.3, 0.4) is 0 Å². The van der Waals surface area contributed by atoms with Crippen LogP contribution >= 0.6 is 0 Å². The molecule has 1 aliphatic rings. The molecule has 23 heavy (non-hydrogen) atoms. The topological polar surface area (TPSA) is 23.6 Å². The minimum Gasteiger partial charge on any atom is -0.277 e. The van der Waals surface area contributed by atoms with Gasteiger partial charge in [-0.25, -0.2) is 10.0 Å². The summed E-state index contributed by atoms with van der Waals surface area (Å²) < 4.78 is 0. The molecule has 0 unspecified atom stereocenters. The van der Waals surface area contributed by atoms with Crippen molar-refractivity contribution in [3.05, 3.63) is 65.7 Å². The number of terminal acetylenes is 1. The maximum Gasteiger partial charge on any atom is 0.228 e. The predicted octanol–water partition coefficient (Wildman–Crippen LogP) is 3.43. The van der Waals surface area contributed by atoms with E-state index in [0.717, 1.165) is 43.6 Å². The number of benzene rings is 2. The van der Waals surface area contributed by atoms with Crippen LogP contribution in [-0.2, 0) is 4.79 Å². The van der Waals surface area contributed by atoms with Gasteiger partial charge >= 0.3 is 0 Å². The molecule has 0 atom stereocenters. The Morgan fingerprint density at radius 2 is 1.70 bits per heavy atom. The standard InChI is InChI=1S/C20H20N2O/c1-2-17-8-10-20(11-9-17)22(16-23)21-14-12-19(13-15-21)18-6-4-3-5-7-18/h1,3-11,16,19H,12-15H2. The first-order valence-corrected chi connectivity index (χ1v) is 7.93. The zero-order chi connectivity index (χ0) is 16.1. The Morgan fingerprint density at radius 1 is 1.04 bits per heavy atom. The van der Waals surface area contributed by atoms with Crippen LogP contribution in [0.25, 0.3) is 0 Å². The Morgan fingerprint density at radius 3 is 2.26 bits per heavy atom. The van der Waals surface area contributed by atoms with Gasteiger partial charge in [-0.3, -0.25) is 4.79 Å². The lowest BCUT2D eigenvalue weighted by Gasteiger charge is -2.37. The molecule has 0 bridgehead atoms. The SMILES string of the molecule is C#Cc1ccc(N(C=O)N2CCC(c3ccccc3)CC2)cc1. The highest BCUT2D eigenvalue weighted by Gasteiger charge is 2.24. The van der Waals surface area contributed by atoms with Gasteiger partial charge in [-0.15, -0.1) is 6.42 Å². The Bertz CT molecular complexity index is 680. The Kier molecular flexibility index (Phi) is 4.75. The molecule has 0 aliphatic carbocycles. The van der Waals surface area contributed by atoms with Crippen molar-refractivity contribution in [1.29, 1.82) is 0 Å². The molecule has 2 aromatic carbocycles. The smallest absolute Gasteiger partial charge is 0.228 e. The second kappa shape index (κ2) is 7.13. The van der Waals surface area contributed by atoms with E-state index >= 15 is 0 Å². The molecule has 1 fully saturated rings. The molecule has 1 amide bonds. The molecule has 3 rings (SSSR count). The zero-order valence-corrected chi connectivity index (χ0v) is 13.1. The summed E-state index contributed by atoms with van der Waals surface area (Å²) in [6.45, 7) is 1.74. The van der Waals surface area contributed by atoms with Crippen molar-refractivity contribution >= 4 is 12.1 Å². The average molecular weight is 304 g/mol. The summed E-state index contributed by atoms with van der Waals surface area (Å²) in [4.78, 5) is 11.6. The maximum absolute atomic E-state index is 11.6. The van der Waals surface area contributed by atoms with E-state index in [9.17, 15) is 4.79 Å². The van der Waals surface area contributed by atoms with Crippen molar-refractivity contribution < 1.29 is 4.79 Å². The molecule has 0 spiro atoms. The third kappa shape index (κ3) is 3.44. The van der Waals surface area contributed by atoms with Crippen LogP contribution in [0.4, 0.5) is 5.69 Å². The van der Waals surface area contributed by atoms with Gasteiger partial charge in [0.05, 0.1) is 5.69 Å². The maximum atomic E-state index is 11.6. The summed E-state index contributed by atoms with van der Waals surface area (Å²) in [5.41, 5.74) is 3.07. The quantitative estimate of drug-likeness (QED) is 0.638. The summed E-state index contributed by atoms with van der Waals surface area (Å²) in [5, 5.41) is 3.80. The number of carbonyl (C=O) groups is 1. The third-order valence-corrected chi connectivity index (χ3v) is 4.45. The lowest BCUT2D eigenvalue weighted by atomic mass is 9.90. The van der Waals surface area contributed by atoms with E-state index in [0.29, 0.717) is 5.92 Å². The number of carbonyl (C=O) groups excluding carboxylic acids is 1.